The van der Waals surface area contributed by atoms with Crippen LogP contribution in [0.1, 0.15) is 60.3 Å². The van der Waals surface area contributed by atoms with Crippen LogP contribution >= 0.6 is 0 Å². The van der Waals surface area contributed by atoms with Crippen LogP contribution in [0, 0.1) is 35.0 Å². The molecule has 0 spiro atoms. The van der Waals surface area contributed by atoms with E-state index in [2.05, 4.69) is 25.2 Å². The summed E-state index contributed by atoms with van der Waals surface area (Å²) in [7, 11) is 0. The van der Waals surface area contributed by atoms with E-state index in [1.807, 2.05) is 18.7 Å². The SMILES string of the molecule is CC(C)[C@](C)(C#N)NC(=O)COC(=O)[C@@H]1CC(=O)N([C@@H]2CCC[C@@H](C)[C@H]2C)C1. The summed E-state index contributed by atoms with van der Waals surface area (Å²) in [6, 6.07) is 2.26. The Labute approximate surface area is 167 Å². The number of hydrogen-bond acceptors (Lipinski definition) is 5. The van der Waals surface area contributed by atoms with E-state index < -0.39 is 29.9 Å². The van der Waals surface area contributed by atoms with Gasteiger partial charge in [0.05, 0.1) is 12.0 Å². The van der Waals surface area contributed by atoms with Gasteiger partial charge >= 0.3 is 5.97 Å². The second kappa shape index (κ2) is 8.93. The molecule has 156 valence electrons. The molecule has 1 N–H and O–H groups in total. The van der Waals surface area contributed by atoms with Gasteiger partial charge in [-0.2, -0.15) is 5.26 Å². The molecule has 0 aromatic heterocycles. The summed E-state index contributed by atoms with van der Waals surface area (Å²) < 4.78 is 5.15. The van der Waals surface area contributed by atoms with E-state index in [0.29, 0.717) is 18.4 Å². The van der Waals surface area contributed by atoms with Gasteiger partial charge < -0.3 is 15.0 Å². The van der Waals surface area contributed by atoms with Crippen LogP contribution in [0.2, 0.25) is 0 Å². The second-order valence-corrected chi connectivity index (χ2v) is 8.91. The third-order valence-corrected chi connectivity index (χ3v) is 6.69. The quantitative estimate of drug-likeness (QED) is 0.700. The predicted molar refractivity (Wildman–Crippen MR) is 104 cm³/mol. The van der Waals surface area contributed by atoms with E-state index >= 15 is 0 Å². The van der Waals surface area contributed by atoms with Gasteiger partial charge in [-0.25, -0.2) is 0 Å². The highest BCUT2D eigenvalue weighted by atomic mass is 16.5. The summed E-state index contributed by atoms with van der Waals surface area (Å²) in [6.07, 6.45) is 3.39. The highest BCUT2D eigenvalue weighted by Crippen LogP contribution is 2.35. The Hall–Kier alpha value is -2.10. The molecule has 1 heterocycles. The van der Waals surface area contributed by atoms with Crippen molar-refractivity contribution in [3.05, 3.63) is 0 Å². The van der Waals surface area contributed by atoms with Crippen molar-refractivity contribution in [3.63, 3.8) is 0 Å². The number of nitrogens with zero attached hydrogens (tertiary/aromatic N) is 2. The number of carbonyl (C=O) groups is 3. The maximum absolute atomic E-state index is 12.5. The maximum Gasteiger partial charge on any atom is 0.311 e. The highest BCUT2D eigenvalue weighted by molar-refractivity contribution is 5.88. The first kappa shape index (κ1) is 22.2. The lowest BCUT2D eigenvalue weighted by Crippen LogP contribution is -2.50. The lowest BCUT2D eigenvalue weighted by Gasteiger charge is -2.39. The number of ether oxygens (including phenoxy) is 1. The van der Waals surface area contributed by atoms with E-state index in [0.717, 1.165) is 12.8 Å². The molecule has 0 unspecified atom stereocenters. The summed E-state index contributed by atoms with van der Waals surface area (Å²) in [5.41, 5.74) is -1.02. The molecule has 2 rings (SSSR count). The molecule has 5 atom stereocenters. The Bertz CT molecular complexity index is 657. The molecule has 0 radical (unpaired) electrons. The molecule has 0 bridgehead atoms. The molecular weight excluding hydrogens is 358 g/mol. The van der Waals surface area contributed by atoms with Crippen LogP contribution < -0.4 is 5.32 Å². The molecule has 1 aliphatic carbocycles. The smallest absolute Gasteiger partial charge is 0.311 e. The third kappa shape index (κ3) is 4.84. The van der Waals surface area contributed by atoms with E-state index in [9.17, 15) is 19.6 Å². The van der Waals surface area contributed by atoms with Crippen molar-refractivity contribution in [1.29, 1.82) is 5.26 Å². The standard InChI is InChI=1S/C21H33N3O4/c1-13(2)21(5,12-22)23-18(25)11-28-20(27)16-9-19(26)24(10-16)17-8-6-7-14(3)15(17)4/h13-17H,6-11H2,1-5H3,(H,23,25)/t14-,15-,16-,17-,21+/m1/s1. The monoisotopic (exact) mass is 391 g/mol. The number of rotatable bonds is 6. The minimum atomic E-state index is -1.02. The van der Waals surface area contributed by atoms with E-state index in [1.54, 1.807) is 6.92 Å². The topological polar surface area (TPSA) is 99.5 Å². The first-order valence-electron chi connectivity index (χ1n) is 10.3. The minimum absolute atomic E-state index is 0.00536. The fourth-order valence-electron chi connectivity index (χ4n) is 4.09. The number of nitrogens with one attached hydrogen (secondary N) is 1. The predicted octanol–water partition coefficient (Wildman–Crippen LogP) is 2.26. The molecule has 7 nitrogen and oxygen atoms in total. The van der Waals surface area contributed by atoms with Crippen molar-refractivity contribution < 1.29 is 19.1 Å². The number of likely N-dealkylation sites (tertiary alicyclic amines) is 1. The number of nitriles is 1. The summed E-state index contributed by atoms with van der Waals surface area (Å²) in [4.78, 5) is 38.8. The summed E-state index contributed by atoms with van der Waals surface area (Å²) in [6.45, 7) is 9.62. The second-order valence-electron chi connectivity index (χ2n) is 8.91. The Morgan fingerprint density at radius 3 is 2.64 bits per heavy atom. The number of carbonyl (C=O) groups excluding carboxylic acids is 3. The van der Waals surface area contributed by atoms with Crippen LogP contribution in [-0.4, -0.2) is 47.4 Å². The van der Waals surface area contributed by atoms with Gasteiger partial charge in [-0.05, 0) is 31.1 Å². The van der Waals surface area contributed by atoms with Crippen molar-refractivity contribution in [1.82, 2.24) is 10.2 Å². The fraction of sp³-hybridized carbons (Fsp3) is 0.810. The van der Waals surface area contributed by atoms with Crippen molar-refractivity contribution in [3.8, 4) is 6.07 Å². The van der Waals surface area contributed by atoms with Crippen molar-refractivity contribution in [2.45, 2.75) is 71.9 Å². The summed E-state index contributed by atoms with van der Waals surface area (Å²) in [5, 5.41) is 11.9. The van der Waals surface area contributed by atoms with Crippen molar-refractivity contribution in [2.24, 2.45) is 23.7 Å². The van der Waals surface area contributed by atoms with Gasteiger partial charge in [-0.1, -0.05) is 40.5 Å². The number of esters is 1. The zero-order chi connectivity index (χ0) is 21.1. The fourth-order valence-corrected chi connectivity index (χ4v) is 4.09. The Balaban J connectivity index is 1.88. The average molecular weight is 392 g/mol. The van der Waals surface area contributed by atoms with Gasteiger partial charge in [0.25, 0.3) is 5.91 Å². The average Bonchev–Trinajstić information content (AvgIpc) is 3.03. The van der Waals surface area contributed by atoms with Gasteiger partial charge in [0.2, 0.25) is 5.91 Å². The molecule has 7 heteroatoms. The largest absolute Gasteiger partial charge is 0.455 e. The first-order chi connectivity index (χ1) is 13.1. The summed E-state index contributed by atoms with van der Waals surface area (Å²) >= 11 is 0. The first-order valence-corrected chi connectivity index (χ1v) is 10.3. The molecule has 0 aromatic rings. The van der Waals surface area contributed by atoms with Crippen LogP contribution in [0.5, 0.6) is 0 Å². The van der Waals surface area contributed by atoms with Gasteiger partial charge in [-0.3, -0.25) is 14.4 Å². The molecule has 1 saturated heterocycles. The number of hydrogen-bond donors (Lipinski definition) is 1. The zero-order valence-corrected chi connectivity index (χ0v) is 17.7. The van der Waals surface area contributed by atoms with Gasteiger partial charge in [0, 0.05) is 19.0 Å². The molecule has 2 aliphatic rings. The molecule has 1 saturated carbocycles. The molecule has 28 heavy (non-hydrogen) atoms. The molecular formula is C21H33N3O4. The normalized spacial score (nSPS) is 29.9. The molecule has 2 fully saturated rings. The Morgan fingerprint density at radius 1 is 1.36 bits per heavy atom. The van der Waals surface area contributed by atoms with E-state index in [4.69, 9.17) is 4.74 Å². The maximum atomic E-state index is 12.5. The lowest BCUT2D eigenvalue weighted by atomic mass is 9.77. The van der Waals surface area contributed by atoms with Crippen LogP contribution in [0.15, 0.2) is 0 Å². The molecule has 2 amide bonds. The van der Waals surface area contributed by atoms with E-state index in [1.165, 1.54) is 6.42 Å². The molecule has 0 aromatic carbocycles. The third-order valence-electron chi connectivity index (χ3n) is 6.69. The minimum Gasteiger partial charge on any atom is -0.455 e. The Morgan fingerprint density at radius 2 is 2.04 bits per heavy atom. The van der Waals surface area contributed by atoms with Gasteiger partial charge in [0.15, 0.2) is 6.61 Å². The van der Waals surface area contributed by atoms with Crippen LogP contribution in [-0.2, 0) is 19.1 Å². The van der Waals surface area contributed by atoms with Gasteiger partial charge in [0.1, 0.15) is 5.54 Å². The lowest BCUT2D eigenvalue weighted by molar-refractivity contribution is -0.152. The van der Waals surface area contributed by atoms with Crippen molar-refractivity contribution in [2.75, 3.05) is 13.2 Å². The van der Waals surface area contributed by atoms with Crippen LogP contribution in [0.3, 0.4) is 0 Å². The number of amides is 2. The van der Waals surface area contributed by atoms with E-state index in [-0.39, 0.29) is 24.3 Å². The van der Waals surface area contributed by atoms with Crippen LogP contribution in [0.25, 0.3) is 0 Å². The summed E-state index contributed by atoms with van der Waals surface area (Å²) in [5.74, 6) is -0.674. The van der Waals surface area contributed by atoms with Crippen molar-refractivity contribution >= 4 is 17.8 Å². The van der Waals surface area contributed by atoms with Crippen LogP contribution in [0.4, 0.5) is 0 Å². The Kier molecular flexibility index (Phi) is 7.08. The highest BCUT2D eigenvalue weighted by Gasteiger charge is 2.42. The zero-order valence-electron chi connectivity index (χ0n) is 17.7. The molecule has 1 aliphatic heterocycles. The van der Waals surface area contributed by atoms with Gasteiger partial charge in [-0.15, -0.1) is 0 Å².